The lowest BCUT2D eigenvalue weighted by Crippen LogP contribution is -2.40. The number of anilines is 1. The third-order valence-corrected chi connectivity index (χ3v) is 5.52. The highest BCUT2D eigenvalue weighted by atomic mass is 19.4. The number of rotatable bonds is 11. The van der Waals surface area contributed by atoms with Crippen LogP contribution in [0.2, 0.25) is 0 Å². The van der Waals surface area contributed by atoms with E-state index in [4.69, 9.17) is 4.74 Å². The van der Waals surface area contributed by atoms with Crippen LogP contribution in [0.1, 0.15) is 11.1 Å². The predicted octanol–water partition coefficient (Wildman–Crippen LogP) is 8.30. The monoisotopic (exact) mass is 621 g/mol. The molecule has 0 radical (unpaired) electrons. The summed E-state index contributed by atoms with van der Waals surface area (Å²) in [6.45, 7) is -1.65. The Morgan fingerprint density at radius 1 is 0.714 bits per heavy atom. The molecule has 1 N–H and O–H groups in total. The van der Waals surface area contributed by atoms with Crippen LogP contribution < -0.4 is 14.4 Å². The van der Waals surface area contributed by atoms with Crippen molar-refractivity contribution in [3.63, 3.8) is 0 Å². The van der Waals surface area contributed by atoms with Crippen molar-refractivity contribution in [2.75, 3.05) is 11.4 Å². The van der Waals surface area contributed by atoms with Crippen molar-refractivity contribution >= 4 is 5.69 Å². The molecule has 0 aromatic heterocycles. The van der Waals surface area contributed by atoms with Gasteiger partial charge in [-0.3, -0.25) is 0 Å². The van der Waals surface area contributed by atoms with Gasteiger partial charge in [-0.05, 0) is 42.0 Å². The molecule has 0 aliphatic carbocycles. The Hall–Kier alpha value is -3.82. The minimum absolute atomic E-state index is 0.0136. The normalized spacial score (nSPS) is 13.7. The Kier molecular flexibility index (Phi) is 9.49. The molecule has 0 saturated carbocycles. The maximum Gasteiger partial charge on any atom is 0.461 e. The van der Waals surface area contributed by atoms with E-state index in [1.54, 1.807) is 0 Å². The van der Waals surface area contributed by atoms with E-state index in [1.165, 1.54) is 24.3 Å². The first-order valence-corrected chi connectivity index (χ1v) is 11.6. The molecule has 3 aromatic rings. The van der Waals surface area contributed by atoms with Crippen LogP contribution in [0.4, 0.5) is 58.4 Å². The molecule has 42 heavy (non-hydrogen) atoms. The zero-order chi connectivity index (χ0) is 31.5. The van der Waals surface area contributed by atoms with Crippen molar-refractivity contribution in [1.29, 1.82) is 0 Å². The summed E-state index contributed by atoms with van der Waals surface area (Å²) in [7, 11) is 0. The molecule has 16 heteroatoms. The topological polar surface area (TPSA) is 41.9 Å². The zero-order valence-corrected chi connectivity index (χ0v) is 20.7. The van der Waals surface area contributed by atoms with Crippen LogP contribution in [0.25, 0.3) is 0 Å². The zero-order valence-electron chi connectivity index (χ0n) is 20.7. The molecule has 3 rings (SSSR count). The van der Waals surface area contributed by atoms with Gasteiger partial charge in [0.2, 0.25) is 0 Å². The molecule has 3 aromatic carbocycles. The van der Waals surface area contributed by atoms with Crippen molar-refractivity contribution in [3.05, 3.63) is 83.9 Å². The molecule has 0 saturated heterocycles. The molecule has 0 bridgehead atoms. The summed E-state index contributed by atoms with van der Waals surface area (Å²) in [6.07, 6.45) is -23.0. The second kappa shape index (κ2) is 12.2. The number of nitrogens with zero attached hydrogens (tertiary/aromatic N) is 1. The van der Waals surface area contributed by atoms with Crippen molar-refractivity contribution in [3.8, 4) is 17.2 Å². The predicted molar refractivity (Wildman–Crippen MR) is 124 cm³/mol. The maximum atomic E-state index is 13.7. The van der Waals surface area contributed by atoms with E-state index in [2.05, 4.69) is 4.74 Å². The Labute approximate surface area is 229 Å². The highest BCUT2D eigenvalue weighted by Gasteiger charge is 2.58. The number of alkyl halides is 12. The van der Waals surface area contributed by atoms with E-state index in [0.29, 0.717) is 12.1 Å². The van der Waals surface area contributed by atoms with Crippen molar-refractivity contribution in [1.82, 2.24) is 0 Å². The third-order valence-electron chi connectivity index (χ3n) is 5.52. The summed E-state index contributed by atoms with van der Waals surface area (Å²) in [4.78, 5) is 0.906. The van der Waals surface area contributed by atoms with Crippen LogP contribution in [-0.2, 0) is 12.5 Å². The number of hydrogen-bond donors (Lipinski definition) is 1. The van der Waals surface area contributed by atoms with Gasteiger partial charge in [-0.15, -0.1) is 0 Å². The van der Waals surface area contributed by atoms with Gasteiger partial charge in [-0.1, -0.05) is 30.3 Å². The van der Waals surface area contributed by atoms with Gasteiger partial charge in [0.1, 0.15) is 17.2 Å². The Morgan fingerprint density at radius 2 is 1.29 bits per heavy atom. The highest BCUT2D eigenvalue weighted by Crippen LogP contribution is 2.45. The SMILES string of the molecule is OC(CN(Cc1cccc(OC(F)(F)C(F)F)c1)c1cccc(Oc2cccc(C(F)(F)C(F)(F)F)c2)c1)C(F)(F)F. The molecule has 4 nitrogen and oxygen atoms in total. The highest BCUT2D eigenvalue weighted by molar-refractivity contribution is 5.52. The fourth-order valence-corrected chi connectivity index (χ4v) is 3.50. The van der Waals surface area contributed by atoms with Crippen LogP contribution in [0.5, 0.6) is 17.2 Å². The number of ether oxygens (including phenoxy) is 2. The van der Waals surface area contributed by atoms with E-state index < -0.39 is 67.1 Å². The number of aliphatic hydroxyl groups excluding tert-OH is 1. The lowest BCUT2D eigenvalue weighted by atomic mass is 10.1. The first-order chi connectivity index (χ1) is 19.3. The maximum absolute atomic E-state index is 13.7. The van der Waals surface area contributed by atoms with Gasteiger partial charge in [0.15, 0.2) is 6.10 Å². The van der Waals surface area contributed by atoms with Gasteiger partial charge in [0.05, 0.1) is 6.54 Å². The van der Waals surface area contributed by atoms with Crippen molar-refractivity contribution in [2.45, 2.75) is 43.5 Å². The third kappa shape index (κ3) is 8.14. The Balaban J connectivity index is 1.91. The first kappa shape index (κ1) is 32.7. The molecule has 0 amide bonds. The number of benzene rings is 3. The van der Waals surface area contributed by atoms with Gasteiger partial charge < -0.3 is 19.5 Å². The average molecular weight is 621 g/mol. The fraction of sp³-hybridized carbons (Fsp3) is 0.308. The molecular formula is C26H19F12NO3. The molecule has 0 aliphatic heterocycles. The van der Waals surface area contributed by atoms with Crippen LogP contribution >= 0.6 is 0 Å². The molecular weight excluding hydrogens is 602 g/mol. The second-order valence-corrected chi connectivity index (χ2v) is 8.75. The van der Waals surface area contributed by atoms with E-state index in [0.717, 1.165) is 41.3 Å². The van der Waals surface area contributed by atoms with Gasteiger partial charge in [-0.25, -0.2) is 0 Å². The average Bonchev–Trinajstić information content (AvgIpc) is 2.87. The number of halogens is 12. The largest absolute Gasteiger partial charge is 0.461 e. The molecule has 0 heterocycles. The molecule has 0 spiro atoms. The van der Waals surface area contributed by atoms with Crippen LogP contribution in [-0.4, -0.2) is 42.6 Å². The van der Waals surface area contributed by atoms with Crippen molar-refractivity contribution in [2.24, 2.45) is 0 Å². The lowest BCUT2D eigenvalue weighted by Gasteiger charge is -2.29. The van der Waals surface area contributed by atoms with E-state index in [9.17, 15) is 57.8 Å². The number of aliphatic hydroxyl groups is 1. The minimum atomic E-state index is -5.90. The summed E-state index contributed by atoms with van der Waals surface area (Å²) in [6, 6.07) is 11.7. The van der Waals surface area contributed by atoms with Crippen LogP contribution in [0.15, 0.2) is 72.8 Å². The molecule has 1 atom stereocenters. The minimum Gasteiger partial charge on any atom is -0.457 e. The van der Waals surface area contributed by atoms with Crippen molar-refractivity contribution < 1.29 is 67.3 Å². The molecule has 0 fully saturated rings. The van der Waals surface area contributed by atoms with Gasteiger partial charge in [0.25, 0.3) is 0 Å². The smallest absolute Gasteiger partial charge is 0.457 e. The molecule has 1 unspecified atom stereocenters. The Morgan fingerprint density at radius 3 is 1.88 bits per heavy atom. The van der Waals surface area contributed by atoms with Gasteiger partial charge in [0, 0.05) is 23.9 Å². The van der Waals surface area contributed by atoms with E-state index in [1.807, 2.05) is 0 Å². The van der Waals surface area contributed by atoms with E-state index in [-0.39, 0.29) is 17.0 Å². The quantitative estimate of drug-likeness (QED) is 0.219. The summed E-state index contributed by atoms with van der Waals surface area (Å²) in [5, 5.41) is 9.67. The summed E-state index contributed by atoms with van der Waals surface area (Å²) >= 11 is 0. The van der Waals surface area contributed by atoms with Gasteiger partial charge >= 0.3 is 30.8 Å². The second-order valence-electron chi connectivity index (χ2n) is 8.75. The fourth-order valence-electron chi connectivity index (χ4n) is 3.50. The first-order valence-electron chi connectivity index (χ1n) is 11.6. The molecule has 0 aliphatic rings. The van der Waals surface area contributed by atoms with Crippen LogP contribution in [0, 0.1) is 0 Å². The Bertz CT molecular complexity index is 1340. The van der Waals surface area contributed by atoms with Crippen LogP contribution in [0.3, 0.4) is 0 Å². The number of hydrogen-bond acceptors (Lipinski definition) is 4. The summed E-state index contributed by atoms with van der Waals surface area (Å²) in [5.41, 5.74) is -1.55. The standard InChI is InChI=1S/C26H19F12NO3/c27-22(28)25(34,35)42-20-9-1-4-15(10-20)13-39(14-21(40)24(31,32)33)17-6-3-8-19(12-17)41-18-7-2-5-16(11-18)23(29,30)26(36,37)38/h1-12,21-22,40H,13-14H2. The summed E-state index contributed by atoms with van der Waals surface area (Å²) < 4.78 is 166. The van der Waals surface area contributed by atoms with Gasteiger partial charge in [-0.2, -0.15) is 52.7 Å². The molecule has 230 valence electrons. The lowest BCUT2D eigenvalue weighted by molar-refractivity contribution is -0.289. The van der Waals surface area contributed by atoms with E-state index >= 15 is 0 Å². The summed E-state index contributed by atoms with van der Waals surface area (Å²) in [5.74, 6) is -6.64.